The molecule has 1 aliphatic heterocycles. The van der Waals surface area contributed by atoms with Gasteiger partial charge in [-0.25, -0.2) is 4.79 Å². The second kappa shape index (κ2) is 7.22. The molecule has 114 valence electrons. The molecule has 1 atom stereocenters. The Labute approximate surface area is 125 Å². The molecule has 2 N–H and O–H groups in total. The number of carbonyl (C=O) groups is 2. The molecule has 1 heterocycles. The molecule has 5 heteroatoms. The third kappa shape index (κ3) is 4.04. The highest BCUT2D eigenvalue weighted by Gasteiger charge is 2.24. The highest BCUT2D eigenvalue weighted by molar-refractivity contribution is 5.95. The number of rotatable bonds is 3. The number of aliphatic hydroxyl groups is 1. The Morgan fingerprint density at radius 3 is 2.57 bits per heavy atom. The highest BCUT2D eigenvalue weighted by Crippen LogP contribution is 2.18. The number of benzene rings is 1. The SMILES string of the molecule is CC(=O)c1ccc(NC(=O)N2CCCCCC2CO)cc1. The van der Waals surface area contributed by atoms with Gasteiger partial charge in [-0.1, -0.05) is 12.8 Å². The van der Waals surface area contributed by atoms with E-state index in [4.69, 9.17) is 0 Å². The van der Waals surface area contributed by atoms with Crippen LogP contribution in [0.2, 0.25) is 0 Å². The minimum Gasteiger partial charge on any atom is -0.394 e. The van der Waals surface area contributed by atoms with Crippen LogP contribution in [0.15, 0.2) is 24.3 Å². The van der Waals surface area contributed by atoms with Crippen LogP contribution in [0, 0.1) is 0 Å². The van der Waals surface area contributed by atoms with Crippen LogP contribution in [-0.2, 0) is 0 Å². The molecule has 1 fully saturated rings. The first-order valence-corrected chi connectivity index (χ1v) is 7.41. The Bertz CT molecular complexity index is 499. The Balaban J connectivity index is 2.03. The average molecular weight is 290 g/mol. The monoisotopic (exact) mass is 290 g/mol. The van der Waals surface area contributed by atoms with Crippen LogP contribution in [0.3, 0.4) is 0 Å². The lowest BCUT2D eigenvalue weighted by Crippen LogP contribution is -2.44. The fourth-order valence-electron chi connectivity index (χ4n) is 2.62. The molecular weight excluding hydrogens is 268 g/mol. The first kappa shape index (κ1) is 15.5. The molecule has 2 amide bonds. The van der Waals surface area contributed by atoms with Gasteiger partial charge in [-0.05, 0) is 44.0 Å². The molecule has 0 aromatic heterocycles. The van der Waals surface area contributed by atoms with E-state index in [0.717, 1.165) is 25.7 Å². The van der Waals surface area contributed by atoms with Crippen molar-refractivity contribution in [3.05, 3.63) is 29.8 Å². The predicted octanol–water partition coefficient (Wildman–Crippen LogP) is 2.66. The number of amides is 2. The van der Waals surface area contributed by atoms with Crippen molar-refractivity contribution < 1.29 is 14.7 Å². The quantitative estimate of drug-likeness (QED) is 0.841. The summed E-state index contributed by atoms with van der Waals surface area (Å²) < 4.78 is 0. The molecule has 5 nitrogen and oxygen atoms in total. The van der Waals surface area contributed by atoms with Gasteiger partial charge in [0.15, 0.2) is 5.78 Å². The number of likely N-dealkylation sites (tertiary alicyclic amines) is 1. The lowest BCUT2D eigenvalue weighted by Gasteiger charge is -2.28. The van der Waals surface area contributed by atoms with E-state index in [1.165, 1.54) is 6.92 Å². The Morgan fingerprint density at radius 1 is 1.24 bits per heavy atom. The van der Waals surface area contributed by atoms with E-state index in [0.29, 0.717) is 17.8 Å². The van der Waals surface area contributed by atoms with Crippen molar-refractivity contribution in [2.45, 2.75) is 38.6 Å². The van der Waals surface area contributed by atoms with Gasteiger partial charge in [0.2, 0.25) is 0 Å². The summed E-state index contributed by atoms with van der Waals surface area (Å²) in [6, 6.07) is 6.55. The van der Waals surface area contributed by atoms with Crippen molar-refractivity contribution in [3.63, 3.8) is 0 Å². The maximum Gasteiger partial charge on any atom is 0.322 e. The summed E-state index contributed by atoms with van der Waals surface area (Å²) in [4.78, 5) is 25.3. The minimum atomic E-state index is -0.188. The third-order valence-corrected chi connectivity index (χ3v) is 3.89. The van der Waals surface area contributed by atoms with E-state index in [1.54, 1.807) is 29.2 Å². The lowest BCUT2D eigenvalue weighted by atomic mass is 10.1. The Kier molecular flexibility index (Phi) is 5.33. The summed E-state index contributed by atoms with van der Waals surface area (Å²) in [6.07, 6.45) is 3.94. The van der Waals surface area contributed by atoms with Gasteiger partial charge >= 0.3 is 6.03 Å². The number of Topliss-reactive ketones (excluding diaryl/α,β-unsaturated/α-hetero) is 1. The van der Waals surface area contributed by atoms with Crippen LogP contribution in [0.4, 0.5) is 10.5 Å². The molecule has 0 aliphatic carbocycles. The number of nitrogens with zero attached hydrogens (tertiary/aromatic N) is 1. The molecule has 1 aromatic rings. The minimum absolute atomic E-state index is 0.000684. The zero-order chi connectivity index (χ0) is 15.2. The van der Waals surface area contributed by atoms with Crippen LogP contribution < -0.4 is 5.32 Å². The third-order valence-electron chi connectivity index (χ3n) is 3.89. The zero-order valence-electron chi connectivity index (χ0n) is 12.3. The first-order valence-electron chi connectivity index (χ1n) is 7.41. The number of aliphatic hydroxyl groups excluding tert-OH is 1. The largest absolute Gasteiger partial charge is 0.394 e. The molecule has 0 bridgehead atoms. The smallest absolute Gasteiger partial charge is 0.322 e. The molecule has 21 heavy (non-hydrogen) atoms. The van der Waals surface area contributed by atoms with Crippen molar-refractivity contribution >= 4 is 17.5 Å². The second-order valence-electron chi connectivity index (χ2n) is 5.44. The normalized spacial score (nSPS) is 19.0. The van der Waals surface area contributed by atoms with Crippen molar-refractivity contribution in [3.8, 4) is 0 Å². The number of nitrogens with one attached hydrogen (secondary N) is 1. The summed E-state index contributed by atoms with van der Waals surface area (Å²) in [7, 11) is 0. The molecule has 0 radical (unpaired) electrons. The summed E-state index contributed by atoms with van der Waals surface area (Å²) in [6.45, 7) is 2.18. The number of urea groups is 1. The number of hydrogen-bond donors (Lipinski definition) is 2. The number of hydrogen-bond acceptors (Lipinski definition) is 3. The first-order chi connectivity index (χ1) is 10.1. The molecule has 0 spiro atoms. The molecule has 1 unspecified atom stereocenters. The second-order valence-corrected chi connectivity index (χ2v) is 5.44. The van der Waals surface area contributed by atoms with Crippen molar-refractivity contribution in [2.24, 2.45) is 0 Å². The van der Waals surface area contributed by atoms with Gasteiger partial charge in [0.05, 0.1) is 12.6 Å². The van der Waals surface area contributed by atoms with Gasteiger partial charge in [-0.3, -0.25) is 4.79 Å². The molecule has 1 saturated heterocycles. The lowest BCUT2D eigenvalue weighted by molar-refractivity contribution is 0.101. The fourth-order valence-corrected chi connectivity index (χ4v) is 2.62. The van der Waals surface area contributed by atoms with Gasteiger partial charge in [0, 0.05) is 17.8 Å². The van der Waals surface area contributed by atoms with E-state index in [2.05, 4.69) is 5.32 Å². The van der Waals surface area contributed by atoms with Gasteiger partial charge in [0.1, 0.15) is 0 Å². The molecule has 0 saturated carbocycles. The number of ketones is 1. The van der Waals surface area contributed by atoms with Crippen LogP contribution in [0.1, 0.15) is 43.0 Å². The topological polar surface area (TPSA) is 69.6 Å². The average Bonchev–Trinajstić information content (AvgIpc) is 2.72. The number of anilines is 1. The number of carbonyl (C=O) groups excluding carboxylic acids is 2. The van der Waals surface area contributed by atoms with E-state index in [-0.39, 0.29) is 24.5 Å². The molecule has 1 aliphatic rings. The van der Waals surface area contributed by atoms with Gasteiger partial charge in [-0.15, -0.1) is 0 Å². The fraction of sp³-hybridized carbons (Fsp3) is 0.500. The van der Waals surface area contributed by atoms with E-state index in [9.17, 15) is 14.7 Å². The van der Waals surface area contributed by atoms with Crippen LogP contribution in [0.5, 0.6) is 0 Å². The molecular formula is C16H22N2O3. The van der Waals surface area contributed by atoms with Crippen LogP contribution in [0.25, 0.3) is 0 Å². The summed E-state index contributed by atoms with van der Waals surface area (Å²) in [5, 5.41) is 12.3. The summed E-state index contributed by atoms with van der Waals surface area (Å²) >= 11 is 0. The standard InChI is InChI=1S/C16H22N2O3/c1-12(20)13-6-8-14(9-7-13)17-16(21)18-10-4-2-3-5-15(18)11-19/h6-9,15,19H,2-5,10-11H2,1H3,(H,17,21). The van der Waals surface area contributed by atoms with E-state index >= 15 is 0 Å². The van der Waals surface area contributed by atoms with Crippen molar-refractivity contribution in [1.82, 2.24) is 4.90 Å². The van der Waals surface area contributed by atoms with Gasteiger partial charge in [0.25, 0.3) is 0 Å². The summed E-state index contributed by atoms with van der Waals surface area (Å²) in [5.41, 5.74) is 1.28. The summed E-state index contributed by atoms with van der Waals surface area (Å²) in [5.74, 6) is 0.000684. The Hall–Kier alpha value is -1.88. The van der Waals surface area contributed by atoms with Crippen LogP contribution >= 0.6 is 0 Å². The highest BCUT2D eigenvalue weighted by atomic mass is 16.3. The Morgan fingerprint density at radius 2 is 1.95 bits per heavy atom. The molecule has 1 aromatic carbocycles. The van der Waals surface area contributed by atoms with Gasteiger partial charge in [-0.2, -0.15) is 0 Å². The zero-order valence-corrected chi connectivity index (χ0v) is 12.3. The van der Waals surface area contributed by atoms with E-state index < -0.39 is 0 Å². The van der Waals surface area contributed by atoms with Crippen molar-refractivity contribution in [1.29, 1.82) is 0 Å². The molecule has 2 rings (SSSR count). The van der Waals surface area contributed by atoms with Gasteiger partial charge < -0.3 is 15.3 Å². The van der Waals surface area contributed by atoms with E-state index in [1.807, 2.05) is 0 Å². The van der Waals surface area contributed by atoms with Crippen molar-refractivity contribution in [2.75, 3.05) is 18.5 Å². The maximum atomic E-state index is 12.3. The maximum absolute atomic E-state index is 12.3. The van der Waals surface area contributed by atoms with Crippen LogP contribution in [-0.4, -0.2) is 41.0 Å². The predicted molar refractivity (Wildman–Crippen MR) is 81.5 cm³/mol.